The SMILES string of the molecule is [C-]#[N+]c1ccc(-c2cccc3oc4ccccc4c23)c2c1sc1c(-n3c4ccccc4c4cc(C#N)ccc43)cccc12. The third-order valence-corrected chi connectivity index (χ3v) is 9.71. The highest BCUT2D eigenvalue weighted by atomic mass is 32.1. The fourth-order valence-electron chi connectivity index (χ4n) is 6.66. The minimum Gasteiger partial charge on any atom is -0.456 e. The van der Waals surface area contributed by atoms with Crippen molar-refractivity contribution >= 4 is 80.9 Å². The van der Waals surface area contributed by atoms with Crippen molar-refractivity contribution in [3.63, 3.8) is 0 Å². The van der Waals surface area contributed by atoms with E-state index in [9.17, 15) is 5.26 Å². The molecule has 0 spiro atoms. The maximum Gasteiger partial charge on any atom is 0.204 e. The van der Waals surface area contributed by atoms with Gasteiger partial charge in [-0.05, 0) is 59.0 Å². The number of benzene rings is 6. The molecule has 198 valence electrons. The van der Waals surface area contributed by atoms with Crippen LogP contribution in [0, 0.1) is 17.9 Å². The summed E-state index contributed by atoms with van der Waals surface area (Å²) < 4.78 is 10.6. The summed E-state index contributed by atoms with van der Waals surface area (Å²) in [5.74, 6) is 0. The van der Waals surface area contributed by atoms with Gasteiger partial charge in [0, 0.05) is 31.6 Å². The minimum absolute atomic E-state index is 0.641. The second-order valence-electron chi connectivity index (χ2n) is 10.7. The molecule has 0 N–H and O–H groups in total. The molecule has 0 aliphatic rings. The fraction of sp³-hybridized carbons (Fsp3) is 0. The average molecular weight is 566 g/mol. The van der Waals surface area contributed by atoms with E-state index in [1.165, 1.54) is 0 Å². The average Bonchev–Trinajstić information content (AvgIpc) is 3.74. The van der Waals surface area contributed by atoms with Crippen LogP contribution in [0.5, 0.6) is 0 Å². The van der Waals surface area contributed by atoms with Crippen LogP contribution in [-0.4, -0.2) is 4.57 Å². The molecule has 4 nitrogen and oxygen atoms in total. The number of furan rings is 1. The molecule has 0 aliphatic heterocycles. The smallest absolute Gasteiger partial charge is 0.204 e. The Morgan fingerprint density at radius 3 is 2.28 bits per heavy atom. The minimum atomic E-state index is 0.641. The lowest BCUT2D eigenvalue weighted by molar-refractivity contribution is 0.669. The number of aromatic nitrogens is 1. The molecule has 3 heterocycles. The fourth-order valence-corrected chi connectivity index (χ4v) is 7.95. The van der Waals surface area contributed by atoms with E-state index in [-0.39, 0.29) is 0 Å². The van der Waals surface area contributed by atoms with Crippen LogP contribution in [0.2, 0.25) is 0 Å². The molecular weight excluding hydrogens is 547 g/mol. The van der Waals surface area contributed by atoms with E-state index < -0.39 is 0 Å². The van der Waals surface area contributed by atoms with E-state index >= 15 is 0 Å². The number of hydrogen-bond donors (Lipinski definition) is 0. The van der Waals surface area contributed by atoms with Crippen LogP contribution in [0.1, 0.15) is 5.56 Å². The van der Waals surface area contributed by atoms with Crippen LogP contribution in [-0.2, 0) is 0 Å². The molecule has 0 fully saturated rings. The maximum atomic E-state index is 9.61. The summed E-state index contributed by atoms with van der Waals surface area (Å²) in [6.45, 7) is 8.02. The Bertz CT molecular complexity index is 2710. The zero-order valence-corrected chi connectivity index (χ0v) is 23.4. The molecule has 0 radical (unpaired) electrons. The Morgan fingerprint density at radius 2 is 1.40 bits per heavy atom. The van der Waals surface area contributed by atoms with Gasteiger partial charge in [-0.2, -0.15) is 5.26 Å². The molecule has 0 saturated carbocycles. The summed E-state index contributed by atoms with van der Waals surface area (Å²) in [6.07, 6.45) is 0. The largest absolute Gasteiger partial charge is 0.456 e. The topological polar surface area (TPSA) is 46.2 Å². The molecule has 3 aromatic heterocycles. The summed E-state index contributed by atoms with van der Waals surface area (Å²) in [4.78, 5) is 3.95. The second kappa shape index (κ2) is 8.81. The molecule has 0 bridgehead atoms. The van der Waals surface area contributed by atoms with Gasteiger partial charge in [-0.25, -0.2) is 4.85 Å². The van der Waals surface area contributed by atoms with E-state index in [4.69, 9.17) is 11.0 Å². The van der Waals surface area contributed by atoms with Gasteiger partial charge >= 0.3 is 0 Å². The molecular formula is C38H19N3OS. The van der Waals surface area contributed by atoms with Crippen molar-refractivity contribution in [3.05, 3.63) is 132 Å². The van der Waals surface area contributed by atoms with Crippen LogP contribution in [0.25, 0.3) is 85.6 Å². The number of nitrogens with zero attached hydrogens (tertiary/aromatic N) is 3. The summed E-state index contributed by atoms with van der Waals surface area (Å²) in [5.41, 5.74) is 8.37. The highest BCUT2D eigenvalue weighted by molar-refractivity contribution is 7.27. The molecule has 43 heavy (non-hydrogen) atoms. The van der Waals surface area contributed by atoms with Gasteiger partial charge in [0.25, 0.3) is 0 Å². The summed E-state index contributed by atoms with van der Waals surface area (Å²) >= 11 is 1.67. The van der Waals surface area contributed by atoms with Gasteiger partial charge < -0.3 is 8.98 Å². The molecule has 0 unspecified atom stereocenters. The zero-order chi connectivity index (χ0) is 28.7. The summed E-state index contributed by atoms with van der Waals surface area (Å²) in [6, 6.07) is 41.4. The van der Waals surface area contributed by atoms with Crippen molar-refractivity contribution in [3.8, 4) is 22.9 Å². The van der Waals surface area contributed by atoms with Crippen molar-refractivity contribution in [1.29, 1.82) is 5.26 Å². The Labute approximate surface area is 249 Å². The quantitative estimate of drug-likeness (QED) is 0.196. The number of para-hydroxylation sites is 2. The Morgan fingerprint density at radius 1 is 0.651 bits per heavy atom. The van der Waals surface area contributed by atoms with E-state index in [1.807, 2.05) is 60.7 Å². The standard InChI is InChI=1S/C38H19N3OS/c1-40-29-18-17-25(24-10-7-15-34-35(24)26-9-3-5-14-33(26)42-34)36-27-11-6-13-32(37(27)43-38(29)36)41-30-12-4-2-8-23(30)28-20-22(21-39)16-19-31(28)41/h2-20H. The normalized spacial score (nSPS) is 11.7. The van der Waals surface area contributed by atoms with Crippen molar-refractivity contribution < 1.29 is 4.42 Å². The van der Waals surface area contributed by atoms with E-state index in [0.717, 1.165) is 80.7 Å². The van der Waals surface area contributed by atoms with Crippen LogP contribution < -0.4 is 0 Å². The van der Waals surface area contributed by atoms with Crippen LogP contribution in [0.4, 0.5) is 5.69 Å². The summed E-state index contributed by atoms with van der Waals surface area (Å²) in [7, 11) is 0. The molecule has 0 atom stereocenters. The van der Waals surface area contributed by atoms with E-state index in [0.29, 0.717) is 11.3 Å². The van der Waals surface area contributed by atoms with Crippen molar-refractivity contribution in [2.24, 2.45) is 0 Å². The van der Waals surface area contributed by atoms with Crippen LogP contribution in [0.3, 0.4) is 0 Å². The molecule has 9 aromatic rings. The predicted octanol–water partition coefficient (Wildman–Crippen LogP) is 11.1. The number of rotatable bonds is 2. The highest BCUT2D eigenvalue weighted by Crippen LogP contribution is 2.49. The molecule has 6 aromatic carbocycles. The number of fused-ring (bicyclic) bond motifs is 9. The molecule has 5 heteroatoms. The first-order valence-electron chi connectivity index (χ1n) is 13.9. The Hall–Kier alpha value is -5.88. The maximum absolute atomic E-state index is 9.61. The van der Waals surface area contributed by atoms with Gasteiger partial charge in [0.1, 0.15) is 11.2 Å². The first-order chi connectivity index (χ1) is 21.2. The Kier molecular flexibility index (Phi) is 4.87. The third-order valence-electron chi connectivity index (χ3n) is 8.46. The number of hydrogen-bond acceptors (Lipinski definition) is 3. The molecule has 9 rings (SSSR count). The lowest BCUT2D eigenvalue weighted by Gasteiger charge is -2.10. The van der Waals surface area contributed by atoms with Gasteiger partial charge in [-0.1, -0.05) is 72.8 Å². The monoisotopic (exact) mass is 565 g/mol. The van der Waals surface area contributed by atoms with Gasteiger partial charge in [0.05, 0.1) is 39.6 Å². The second-order valence-corrected chi connectivity index (χ2v) is 11.7. The van der Waals surface area contributed by atoms with E-state index in [2.05, 4.69) is 70.1 Å². The number of thiophene rings is 1. The third kappa shape index (κ3) is 3.23. The first kappa shape index (κ1) is 23.8. The van der Waals surface area contributed by atoms with Crippen molar-refractivity contribution in [1.82, 2.24) is 4.57 Å². The van der Waals surface area contributed by atoms with Crippen LogP contribution in [0.15, 0.2) is 120 Å². The van der Waals surface area contributed by atoms with Gasteiger partial charge in [0.15, 0.2) is 0 Å². The van der Waals surface area contributed by atoms with Crippen molar-refractivity contribution in [2.45, 2.75) is 0 Å². The summed E-state index contributed by atoms with van der Waals surface area (Å²) in [5, 5.41) is 16.1. The van der Waals surface area contributed by atoms with E-state index in [1.54, 1.807) is 11.3 Å². The van der Waals surface area contributed by atoms with Crippen molar-refractivity contribution in [2.75, 3.05) is 0 Å². The van der Waals surface area contributed by atoms with Gasteiger partial charge in [0.2, 0.25) is 5.69 Å². The lowest BCUT2D eigenvalue weighted by Crippen LogP contribution is -1.93. The predicted molar refractivity (Wildman–Crippen MR) is 177 cm³/mol. The first-order valence-corrected chi connectivity index (χ1v) is 14.8. The number of nitriles is 1. The highest BCUT2D eigenvalue weighted by Gasteiger charge is 2.21. The molecule has 0 amide bonds. The van der Waals surface area contributed by atoms with Gasteiger partial charge in [-0.15, -0.1) is 11.3 Å². The Balaban J connectivity index is 1.42. The van der Waals surface area contributed by atoms with Crippen LogP contribution >= 0.6 is 11.3 Å². The molecule has 0 aliphatic carbocycles. The molecule has 0 saturated heterocycles. The zero-order valence-electron chi connectivity index (χ0n) is 22.6. The lowest BCUT2D eigenvalue weighted by atomic mass is 9.95. The van der Waals surface area contributed by atoms with Gasteiger partial charge in [-0.3, -0.25) is 0 Å².